The third-order valence-corrected chi connectivity index (χ3v) is 2.44. The Morgan fingerprint density at radius 2 is 2.20 bits per heavy atom. The summed E-state index contributed by atoms with van der Waals surface area (Å²) in [6.07, 6.45) is 1.72. The minimum absolute atomic E-state index is 0.186. The summed E-state index contributed by atoms with van der Waals surface area (Å²) in [6.45, 7) is 0. The van der Waals surface area contributed by atoms with E-state index in [9.17, 15) is 4.39 Å². The molecule has 0 aromatic rings. The normalized spacial score (nSPS) is 53.4. The summed E-state index contributed by atoms with van der Waals surface area (Å²) in [7, 11) is 0. The van der Waals surface area contributed by atoms with Crippen LogP contribution in [-0.4, -0.2) is 24.4 Å². The van der Waals surface area contributed by atoms with Crippen molar-refractivity contribution >= 4 is 0 Å². The molecule has 2 heterocycles. The molecule has 0 amide bonds. The largest absolute Gasteiger partial charge is 0.372 e. The Kier molecular flexibility index (Phi) is 1.42. The van der Waals surface area contributed by atoms with Crippen molar-refractivity contribution in [3.8, 4) is 0 Å². The second-order valence-corrected chi connectivity index (χ2v) is 3.22. The minimum atomic E-state index is -0.918. The molecule has 2 N–H and O–H groups in total. The van der Waals surface area contributed by atoms with Crippen molar-refractivity contribution in [3.05, 3.63) is 0 Å². The zero-order valence-electron chi connectivity index (χ0n) is 5.79. The van der Waals surface area contributed by atoms with E-state index in [1.165, 1.54) is 0 Å². The van der Waals surface area contributed by atoms with Crippen LogP contribution in [0.1, 0.15) is 19.3 Å². The van der Waals surface area contributed by atoms with Crippen LogP contribution in [0, 0.1) is 0 Å². The van der Waals surface area contributed by atoms with Crippen LogP contribution in [0.2, 0.25) is 0 Å². The number of nitrogens with two attached hydrogens (primary N) is 1. The highest BCUT2D eigenvalue weighted by Crippen LogP contribution is 2.33. The molecule has 58 valence electrons. The predicted octanol–water partition coefficient (Wildman–Crippen LogP) is 0.603. The van der Waals surface area contributed by atoms with Gasteiger partial charge in [-0.05, 0) is 19.3 Å². The van der Waals surface area contributed by atoms with Gasteiger partial charge >= 0.3 is 0 Å². The first kappa shape index (κ1) is 6.55. The third kappa shape index (κ3) is 0.847. The summed E-state index contributed by atoms with van der Waals surface area (Å²) in [5.74, 6) is 0. The maximum atomic E-state index is 13.0. The molecule has 3 heteroatoms. The van der Waals surface area contributed by atoms with Gasteiger partial charge in [0.15, 0.2) is 0 Å². The van der Waals surface area contributed by atoms with Gasteiger partial charge in [0, 0.05) is 6.04 Å². The lowest BCUT2D eigenvalue weighted by atomic mass is 10.0. The number of rotatable bonds is 0. The van der Waals surface area contributed by atoms with E-state index in [-0.39, 0.29) is 18.2 Å². The van der Waals surface area contributed by atoms with Crippen molar-refractivity contribution in [2.24, 2.45) is 5.73 Å². The van der Waals surface area contributed by atoms with Gasteiger partial charge in [-0.25, -0.2) is 4.39 Å². The standard InChI is InChI=1S/C7H12FNO/c8-7-5(9)3-4-1-2-6(7)10-4/h4-7H,1-3,9H2/t4-,5+,6+,7+/m1/s1. The highest BCUT2D eigenvalue weighted by Gasteiger charge is 2.41. The van der Waals surface area contributed by atoms with Crippen LogP contribution >= 0.6 is 0 Å². The lowest BCUT2D eigenvalue weighted by molar-refractivity contribution is -0.0534. The smallest absolute Gasteiger partial charge is 0.141 e. The molecule has 2 aliphatic heterocycles. The molecule has 2 aliphatic rings. The summed E-state index contributed by atoms with van der Waals surface area (Å²) in [6, 6.07) is -0.272. The summed E-state index contributed by atoms with van der Waals surface area (Å²) in [5.41, 5.74) is 5.54. The summed E-state index contributed by atoms with van der Waals surface area (Å²) < 4.78 is 18.3. The van der Waals surface area contributed by atoms with Gasteiger partial charge in [-0.15, -0.1) is 0 Å². The van der Waals surface area contributed by atoms with Gasteiger partial charge in [0.25, 0.3) is 0 Å². The SMILES string of the molecule is N[C@H]1C[C@H]2CC[C@H](O2)[C@H]1F. The Bertz CT molecular complexity index is 142. The highest BCUT2D eigenvalue weighted by molar-refractivity contribution is 4.93. The van der Waals surface area contributed by atoms with Crippen LogP contribution in [0.5, 0.6) is 0 Å². The van der Waals surface area contributed by atoms with E-state index in [2.05, 4.69) is 0 Å². The van der Waals surface area contributed by atoms with E-state index in [1.807, 2.05) is 0 Å². The molecular weight excluding hydrogens is 133 g/mol. The van der Waals surface area contributed by atoms with Crippen molar-refractivity contribution in [1.82, 2.24) is 0 Å². The first-order chi connectivity index (χ1) is 4.77. The molecule has 2 nitrogen and oxygen atoms in total. The van der Waals surface area contributed by atoms with Gasteiger partial charge in [-0.1, -0.05) is 0 Å². The molecule has 4 atom stereocenters. The second kappa shape index (κ2) is 2.17. The number of halogens is 1. The van der Waals surface area contributed by atoms with E-state index in [0.29, 0.717) is 6.42 Å². The third-order valence-electron chi connectivity index (χ3n) is 2.44. The van der Waals surface area contributed by atoms with Gasteiger partial charge in [-0.3, -0.25) is 0 Å². The van der Waals surface area contributed by atoms with Gasteiger partial charge in [0.2, 0.25) is 0 Å². The van der Waals surface area contributed by atoms with Crippen LogP contribution in [0.15, 0.2) is 0 Å². The molecule has 0 saturated carbocycles. The number of hydrogen-bond acceptors (Lipinski definition) is 2. The molecule has 2 fully saturated rings. The van der Waals surface area contributed by atoms with E-state index < -0.39 is 6.17 Å². The highest BCUT2D eigenvalue weighted by atomic mass is 19.1. The van der Waals surface area contributed by atoms with Crippen LogP contribution < -0.4 is 5.73 Å². The molecule has 0 aliphatic carbocycles. The predicted molar refractivity (Wildman–Crippen MR) is 35.4 cm³/mol. The summed E-state index contributed by atoms with van der Waals surface area (Å²) >= 11 is 0. The lowest BCUT2D eigenvalue weighted by Gasteiger charge is -2.28. The first-order valence-corrected chi connectivity index (χ1v) is 3.82. The Morgan fingerprint density at radius 3 is 3.00 bits per heavy atom. The molecule has 0 aromatic heterocycles. The number of fused-ring (bicyclic) bond motifs is 2. The minimum Gasteiger partial charge on any atom is -0.372 e. The Morgan fingerprint density at radius 1 is 1.40 bits per heavy atom. The maximum Gasteiger partial charge on any atom is 0.141 e. The molecule has 2 bridgehead atoms. The molecule has 0 radical (unpaired) electrons. The molecule has 0 aromatic carbocycles. The fraction of sp³-hybridized carbons (Fsp3) is 1.00. The second-order valence-electron chi connectivity index (χ2n) is 3.22. The number of hydrogen-bond donors (Lipinski definition) is 1. The molecule has 10 heavy (non-hydrogen) atoms. The van der Waals surface area contributed by atoms with Gasteiger partial charge in [0.1, 0.15) is 6.17 Å². The monoisotopic (exact) mass is 145 g/mol. The van der Waals surface area contributed by atoms with Crippen molar-refractivity contribution in [2.45, 2.75) is 43.7 Å². The summed E-state index contributed by atoms with van der Waals surface area (Å²) in [4.78, 5) is 0. The molecule has 2 saturated heterocycles. The Balaban J connectivity index is 2.09. The van der Waals surface area contributed by atoms with E-state index >= 15 is 0 Å². The Hall–Kier alpha value is -0.150. The fourth-order valence-electron chi connectivity index (χ4n) is 1.85. The van der Waals surface area contributed by atoms with Crippen molar-refractivity contribution in [3.63, 3.8) is 0 Å². The zero-order valence-corrected chi connectivity index (χ0v) is 5.79. The van der Waals surface area contributed by atoms with Gasteiger partial charge in [-0.2, -0.15) is 0 Å². The van der Waals surface area contributed by atoms with E-state index in [1.54, 1.807) is 0 Å². The average molecular weight is 145 g/mol. The topological polar surface area (TPSA) is 35.2 Å². The molecule has 0 spiro atoms. The van der Waals surface area contributed by atoms with Crippen LogP contribution in [0.4, 0.5) is 4.39 Å². The fourth-order valence-corrected chi connectivity index (χ4v) is 1.85. The molecular formula is C7H12FNO. The van der Waals surface area contributed by atoms with Crippen LogP contribution in [-0.2, 0) is 4.74 Å². The number of ether oxygens (including phenoxy) is 1. The van der Waals surface area contributed by atoms with Crippen molar-refractivity contribution in [1.29, 1.82) is 0 Å². The van der Waals surface area contributed by atoms with Crippen molar-refractivity contribution in [2.75, 3.05) is 0 Å². The quantitative estimate of drug-likeness (QED) is 0.542. The van der Waals surface area contributed by atoms with Crippen LogP contribution in [0.25, 0.3) is 0 Å². The van der Waals surface area contributed by atoms with Gasteiger partial charge in [0.05, 0.1) is 12.2 Å². The van der Waals surface area contributed by atoms with Crippen LogP contribution in [0.3, 0.4) is 0 Å². The maximum absolute atomic E-state index is 13.0. The van der Waals surface area contributed by atoms with E-state index in [4.69, 9.17) is 10.5 Å². The van der Waals surface area contributed by atoms with E-state index in [0.717, 1.165) is 12.8 Å². The zero-order chi connectivity index (χ0) is 7.14. The number of alkyl halides is 1. The first-order valence-electron chi connectivity index (χ1n) is 3.82. The summed E-state index contributed by atoms with van der Waals surface area (Å²) in [5, 5.41) is 0. The van der Waals surface area contributed by atoms with Gasteiger partial charge < -0.3 is 10.5 Å². The molecule has 0 unspecified atom stereocenters. The molecule has 2 rings (SSSR count). The van der Waals surface area contributed by atoms with Crippen molar-refractivity contribution < 1.29 is 9.13 Å². The average Bonchev–Trinajstić information content (AvgIpc) is 2.29. The lowest BCUT2D eigenvalue weighted by Crippen LogP contribution is -2.45. The Labute approximate surface area is 59.5 Å².